The Balaban J connectivity index is 1.63. The summed E-state index contributed by atoms with van der Waals surface area (Å²) in [5.74, 6) is 4.22. The summed E-state index contributed by atoms with van der Waals surface area (Å²) in [6.45, 7) is 12.7. The predicted octanol–water partition coefficient (Wildman–Crippen LogP) is 7.49. The summed E-state index contributed by atoms with van der Waals surface area (Å²) in [6.07, 6.45) is 12.2. The molecule has 1 aromatic rings. The van der Waals surface area contributed by atoms with Gasteiger partial charge in [0.25, 0.3) is 0 Å². The molecule has 3 saturated carbocycles. The van der Waals surface area contributed by atoms with Crippen molar-refractivity contribution in [3.63, 3.8) is 0 Å². The van der Waals surface area contributed by atoms with Gasteiger partial charge in [-0.1, -0.05) is 57.0 Å². The van der Waals surface area contributed by atoms with Crippen LogP contribution in [0, 0.1) is 23.7 Å². The van der Waals surface area contributed by atoms with Crippen LogP contribution < -0.4 is 4.57 Å². The molecule has 0 spiro atoms. The molecular weight excluding hydrogens is 342 g/mol. The van der Waals surface area contributed by atoms with Gasteiger partial charge in [0.1, 0.15) is 0 Å². The van der Waals surface area contributed by atoms with Crippen LogP contribution in [0.2, 0.25) is 18.6 Å². The average Bonchev–Trinajstić information content (AvgIpc) is 3.06. The van der Waals surface area contributed by atoms with Crippen molar-refractivity contribution < 1.29 is 0 Å². The second-order valence-electron chi connectivity index (χ2n) is 11.3. The fraction of sp³-hybridized carbons (Fsp3) is 0.760. The number of rotatable bonds is 3. The van der Waals surface area contributed by atoms with E-state index in [-0.39, 0.29) is 5.54 Å². The molecule has 0 N–H and O–H groups in total. The predicted molar refractivity (Wildman–Crippen MR) is 121 cm³/mol. The summed E-state index contributed by atoms with van der Waals surface area (Å²) in [6, 6.07) is 11.3. The van der Waals surface area contributed by atoms with Crippen LogP contribution in [0.25, 0.3) is 0 Å². The van der Waals surface area contributed by atoms with Gasteiger partial charge in [-0.2, -0.15) is 0 Å². The van der Waals surface area contributed by atoms with E-state index in [9.17, 15) is 0 Å². The van der Waals surface area contributed by atoms with Crippen molar-refractivity contribution in [2.24, 2.45) is 23.7 Å². The van der Waals surface area contributed by atoms with Gasteiger partial charge in [0.15, 0.2) is 8.24 Å². The molecule has 0 amide bonds. The normalized spacial score (nSPS) is 34.0. The van der Waals surface area contributed by atoms with E-state index in [1.54, 1.807) is 6.42 Å². The maximum Gasteiger partial charge on any atom is 0.154 e. The number of nitrogens with zero attached hydrogens (tertiary/aromatic N) is 1. The van der Waals surface area contributed by atoms with Gasteiger partial charge in [0, 0.05) is 11.2 Å². The van der Waals surface area contributed by atoms with Gasteiger partial charge in [-0.05, 0) is 87.8 Å². The molecule has 2 heteroatoms. The molecule has 0 saturated heterocycles. The van der Waals surface area contributed by atoms with Gasteiger partial charge >= 0.3 is 0 Å². The molecule has 3 aliphatic rings. The quantitative estimate of drug-likeness (QED) is 0.489. The second kappa shape index (κ2) is 7.24. The maximum atomic E-state index is 2.89. The number of anilines is 1. The van der Waals surface area contributed by atoms with E-state index >= 15 is 0 Å². The van der Waals surface area contributed by atoms with Crippen LogP contribution in [0.1, 0.15) is 72.1 Å². The van der Waals surface area contributed by atoms with Crippen molar-refractivity contribution in [3.05, 3.63) is 30.3 Å². The topological polar surface area (TPSA) is 3.24 Å². The molecule has 0 aliphatic heterocycles. The Labute approximate surface area is 169 Å². The number of hydrogen-bond acceptors (Lipinski definition) is 1. The van der Waals surface area contributed by atoms with Crippen molar-refractivity contribution in [3.8, 4) is 0 Å². The van der Waals surface area contributed by atoms with E-state index in [2.05, 4.69) is 68.8 Å². The summed E-state index contributed by atoms with van der Waals surface area (Å²) in [7, 11) is -1.61. The molecule has 0 bridgehead atoms. The van der Waals surface area contributed by atoms with Crippen LogP contribution >= 0.6 is 0 Å². The molecule has 27 heavy (non-hydrogen) atoms. The molecule has 3 aliphatic carbocycles. The van der Waals surface area contributed by atoms with Crippen molar-refractivity contribution >= 4 is 13.9 Å². The Hall–Kier alpha value is -0.763. The highest BCUT2D eigenvalue weighted by Crippen LogP contribution is 2.59. The Morgan fingerprint density at radius 1 is 0.778 bits per heavy atom. The zero-order valence-electron chi connectivity index (χ0n) is 18.4. The van der Waals surface area contributed by atoms with Crippen LogP contribution in [0.5, 0.6) is 0 Å². The summed E-state index contributed by atoms with van der Waals surface area (Å²) in [5.41, 5.74) is 2.61. The minimum Gasteiger partial charge on any atom is -0.393 e. The monoisotopic (exact) mass is 383 g/mol. The number of benzene rings is 1. The van der Waals surface area contributed by atoms with Crippen LogP contribution in [0.3, 0.4) is 0 Å². The Morgan fingerprint density at radius 2 is 1.44 bits per heavy atom. The Bertz CT molecular complexity index is 631. The molecule has 4 rings (SSSR count). The molecule has 150 valence electrons. The van der Waals surface area contributed by atoms with Gasteiger partial charge in [0.2, 0.25) is 0 Å². The lowest BCUT2D eigenvalue weighted by molar-refractivity contribution is 0.0722. The fourth-order valence-electron chi connectivity index (χ4n) is 7.81. The standard InChI is InChI=1S/C25H41NSi/c1-25(2,3)26(20-12-7-6-8-13-20)27(4,5)24-18-17-22-21-14-10-9-11-19(21)15-16-23(22)24/h6-8,12-13,19,21-24H,9-11,14-18H2,1-5H3. The first-order valence-corrected chi connectivity index (χ1v) is 14.7. The van der Waals surface area contributed by atoms with E-state index in [1.807, 2.05) is 0 Å². The Morgan fingerprint density at radius 3 is 2.15 bits per heavy atom. The van der Waals surface area contributed by atoms with Crippen LogP contribution in [-0.2, 0) is 0 Å². The third-order valence-electron chi connectivity index (χ3n) is 8.44. The number of hydrogen-bond donors (Lipinski definition) is 0. The average molecular weight is 384 g/mol. The van der Waals surface area contributed by atoms with Crippen molar-refractivity contribution in [1.82, 2.24) is 0 Å². The smallest absolute Gasteiger partial charge is 0.154 e. The third kappa shape index (κ3) is 3.52. The van der Waals surface area contributed by atoms with Gasteiger partial charge < -0.3 is 4.57 Å². The summed E-state index contributed by atoms with van der Waals surface area (Å²) < 4.78 is 2.89. The highest BCUT2D eigenvalue weighted by Gasteiger charge is 2.54. The third-order valence-corrected chi connectivity index (χ3v) is 13.0. The van der Waals surface area contributed by atoms with Crippen LogP contribution in [0.15, 0.2) is 30.3 Å². The lowest BCUT2D eigenvalue weighted by Gasteiger charge is -2.53. The van der Waals surface area contributed by atoms with Crippen molar-refractivity contribution in [2.75, 3.05) is 4.57 Å². The first-order chi connectivity index (χ1) is 12.8. The number of para-hydroxylation sites is 1. The molecule has 0 radical (unpaired) electrons. The lowest BCUT2D eigenvalue weighted by Crippen LogP contribution is -2.61. The first-order valence-electron chi connectivity index (χ1n) is 11.7. The zero-order chi connectivity index (χ0) is 19.2. The molecule has 5 unspecified atom stereocenters. The zero-order valence-corrected chi connectivity index (χ0v) is 19.4. The van der Waals surface area contributed by atoms with Crippen LogP contribution in [-0.4, -0.2) is 13.8 Å². The maximum absolute atomic E-state index is 2.89. The summed E-state index contributed by atoms with van der Waals surface area (Å²) in [5, 5.41) is 0. The fourth-order valence-corrected chi connectivity index (χ4v) is 13.0. The van der Waals surface area contributed by atoms with Crippen LogP contribution in [0.4, 0.5) is 5.69 Å². The largest absolute Gasteiger partial charge is 0.393 e. The van der Waals surface area contributed by atoms with Gasteiger partial charge in [-0.25, -0.2) is 0 Å². The minimum atomic E-state index is -1.61. The van der Waals surface area contributed by atoms with Gasteiger partial charge in [-0.3, -0.25) is 0 Å². The molecule has 1 nitrogen and oxygen atoms in total. The van der Waals surface area contributed by atoms with E-state index < -0.39 is 8.24 Å². The van der Waals surface area contributed by atoms with E-state index in [1.165, 1.54) is 50.6 Å². The Kier molecular flexibility index (Phi) is 5.25. The van der Waals surface area contributed by atoms with E-state index in [0.29, 0.717) is 0 Å². The molecule has 0 heterocycles. The molecular formula is C25H41NSi. The highest BCUT2D eigenvalue weighted by molar-refractivity contribution is 6.82. The highest BCUT2D eigenvalue weighted by atomic mass is 28.3. The summed E-state index contributed by atoms with van der Waals surface area (Å²) in [4.78, 5) is 0. The number of fused-ring (bicyclic) bond motifs is 3. The van der Waals surface area contributed by atoms with Gasteiger partial charge in [-0.15, -0.1) is 0 Å². The lowest BCUT2D eigenvalue weighted by atomic mass is 9.62. The molecule has 3 fully saturated rings. The molecule has 0 aromatic heterocycles. The first kappa shape index (κ1) is 19.5. The second-order valence-corrected chi connectivity index (χ2v) is 15.8. The minimum absolute atomic E-state index is 0.192. The van der Waals surface area contributed by atoms with E-state index in [0.717, 1.165) is 29.2 Å². The molecule has 1 aromatic carbocycles. The summed E-state index contributed by atoms with van der Waals surface area (Å²) >= 11 is 0. The van der Waals surface area contributed by atoms with Gasteiger partial charge in [0.05, 0.1) is 0 Å². The SMILES string of the molecule is CC(C)(C)N(c1ccccc1)[Si](C)(C)C1CCC2C3CCCCC3CCC21. The van der Waals surface area contributed by atoms with Crippen molar-refractivity contribution in [1.29, 1.82) is 0 Å². The van der Waals surface area contributed by atoms with E-state index in [4.69, 9.17) is 0 Å². The van der Waals surface area contributed by atoms with Crippen molar-refractivity contribution in [2.45, 2.75) is 96.3 Å². The molecule has 5 atom stereocenters.